The van der Waals surface area contributed by atoms with Gasteiger partial charge in [-0.05, 0) is 35.6 Å². The van der Waals surface area contributed by atoms with E-state index in [1.54, 1.807) is 28.8 Å². The van der Waals surface area contributed by atoms with Gasteiger partial charge in [0.2, 0.25) is 0 Å². The Hall–Kier alpha value is -0.823. The molecule has 1 heterocycles. The summed E-state index contributed by atoms with van der Waals surface area (Å²) in [6.45, 7) is 4.60. The summed E-state index contributed by atoms with van der Waals surface area (Å²) in [6.07, 6.45) is 6.78. The van der Waals surface area contributed by atoms with Crippen LogP contribution in [-0.4, -0.2) is 8.80 Å². The Morgan fingerprint density at radius 1 is 1.24 bits per heavy atom. The standard InChI is InChI=1S/C16H22Si/c1-3-13-11-15-12(2)7-6-8-14(15)16(13)17-9-4-5-10-17/h6-8,11,16-17H,3-5,9-10H2,1-2H3. The number of hydrogen-bond donors (Lipinski definition) is 0. The number of rotatable bonds is 2. The number of allylic oxidation sites excluding steroid dienone is 1. The molecule has 1 saturated heterocycles. The quantitative estimate of drug-likeness (QED) is 0.672. The Morgan fingerprint density at radius 3 is 2.71 bits per heavy atom. The van der Waals surface area contributed by atoms with Crippen molar-refractivity contribution >= 4 is 14.9 Å². The molecule has 0 saturated carbocycles. The van der Waals surface area contributed by atoms with Crippen LogP contribution >= 0.6 is 0 Å². The molecule has 0 amide bonds. The summed E-state index contributed by atoms with van der Waals surface area (Å²) in [6, 6.07) is 10.1. The molecule has 0 radical (unpaired) electrons. The molecule has 1 aromatic carbocycles. The molecule has 17 heavy (non-hydrogen) atoms. The Bertz CT molecular complexity index is 453. The fraction of sp³-hybridized carbons (Fsp3) is 0.500. The molecule has 1 fully saturated rings. The third-order valence-electron chi connectivity index (χ3n) is 4.70. The van der Waals surface area contributed by atoms with Crippen molar-refractivity contribution in [3.8, 4) is 0 Å². The highest BCUT2D eigenvalue weighted by atomic mass is 28.3. The Kier molecular flexibility index (Phi) is 2.95. The zero-order chi connectivity index (χ0) is 11.8. The number of aryl methyl sites for hydroxylation is 1. The van der Waals surface area contributed by atoms with Crippen molar-refractivity contribution in [2.75, 3.05) is 0 Å². The van der Waals surface area contributed by atoms with Crippen LogP contribution in [0.4, 0.5) is 0 Å². The molecular weight excluding hydrogens is 220 g/mol. The van der Waals surface area contributed by atoms with Crippen LogP contribution in [0.5, 0.6) is 0 Å². The summed E-state index contributed by atoms with van der Waals surface area (Å²) in [5, 5.41) is 0. The van der Waals surface area contributed by atoms with Crippen LogP contribution in [0.25, 0.3) is 6.08 Å². The molecule has 0 N–H and O–H groups in total. The van der Waals surface area contributed by atoms with E-state index in [-0.39, 0.29) is 0 Å². The predicted molar refractivity (Wildman–Crippen MR) is 78.2 cm³/mol. The summed E-state index contributed by atoms with van der Waals surface area (Å²) >= 11 is 0. The van der Waals surface area contributed by atoms with Crippen molar-refractivity contribution in [3.05, 3.63) is 40.5 Å². The summed E-state index contributed by atoms with van der Waals surface area (Å²) in [5.41, 5.74) is 7.35. The molecule has 1 aliphatic carbocycles. The van der Waals surface area contributed by atoms with E-state index < -0.39 is 8.80 Å². The fourth-order valence-electron chi connectivity index (χ4n) is 3.82. The van der Waals surface area contributed by atoms with Crippen LogP contribution in [-0.2, 0) is 0 Å². The van der Waals surface area contributed by atoms with Crippen molar-refractivity contribution in [2.24, 2.45) is 0 Å². The predicted octanol–water partition coefficient (Wildman–Crippen LogP) is 4.45. The maximum Gasteiger partial charge on any atom is 0.0500 e. The maximum absolute atomic E-state index is 2.51. The molecular formula is C16H22Si. The van der Waals surface area contributed by atoms with Gasteiger partial charge in [0.1, 0.15) is 0 Å². The zero-order valence-electron chi connectivity index (χ0n) is 11.0. The summed E-state index contributed by atoms with van der Waals surface area (Å²) in [7, 11) is -0.535. The molecule has 0 bridgehead atoms. The van der Waals surface area contributed by atoms with Gasteiger partial charge >= 0.3 is 0 Å². The molecule has 0 nitrogen and oxygen atoms in total. The van der Waals surface area contributed by atoms with E-state index in [1.807, 2.05) is 0 Å². The fourth-order valence-corrected chi connectivity index (χ4v) is 8.13. The van der Waals surface area contributed by atoms with E-state index in [4.69, 9.17) is 0 Å². The first kappa shape index (κ1) is 11.3. The normalized spacial score (nSPS) is 23.9. The van der Waals surface area contributed by atoms with Gasteiger partial charge in [0.25, 0.3) is 0 Å². The van der Waals surface area contributed by atoms with Crippen LogP contribution < -0.4 is 0 Å². The SMILES string of the molecule is CCC1=Cc2c(C)cccc2C1[SiH]1CCCC1. The molecule has 0 spiro atoms. The number of hydrogen-bond acceptors (Lipinski definition) is 0. The van der Waals surface area contributed by atoms with Gasteiger partial charge in [-0.15, -0.1) is 0 Å². The second-order valence-corrected chi connectivity index (χ2v) is 9.01. The van der Waals surface area contributed by atoms with Crippen molar-refractivity contribution in [1.29, 1.82) is 0 Å². The van der Waals surface area contributed by atoms with Crippen LogP contribution in [0.15, 0.2) is 23.8 Å². The largest absolute Gasteiger partial charge is 0.0654 e. The van der Waals surface area contributed by atoms with Crippen LogP contribution in [0.2, 0.25) is 12.1 Å². The summed E-state index contributed by atoms with van der Waals surface area (Å²) in [5.74, 6) is 0. The zero-order valence-corrected chi connectivity index (χ0v) is 12.2. The van der Waals surface area contributed by atoms with Gasteiger partial charge in [-0.2, -0.15) is 0 Å². The molecule has 0 aromatic heterocycles. The average Bonchev–Trinajstić information content (AvgIpc) is 2.94. The Labute approximate surface area is 106 Å². The molecule has 2 aliphatic rings. The van der Waals surface area contributed by atoms with E-state index >= 15 is 0 Å². The smallest absolute Gasteiger partial charge is 0.0500 e. The Morgan fingerprint density at radius 2 is 2.00 bits per heavy atom. The average molecular weight is 242 g/mol. The van der Waals surface area contributed by atoms with Crippen LogP contribution in [0, 0.1) is 6.92 Å². The first-order valence-corrected chi connectivity index (χ1v) is 9.41. The topological polar surface area (TPSA) is 0 Å². The van der Waals surface area contributed by atoms with E-state index in [0.29, 0.717) is 0 Å². The minimum absolute atomic E-state index is 0.535. The lowest BCUT2D eigenvalue weighted by molar-refractivity contribution is 0.935. The van der Waals surface area contributed by atoms with Crippen molar-refractivity contribution < 1.29 is 0 Å². The maximum atomic E-state index is 2.51. The van der Waals surface area contributed by atoms with Gasteiger partial charge < -0.3 is 0 Å². The van der Waals surface area contributed by atoms with Gasteiger partial charge in [0, 0.05) is 0 Å². The summed E-state index contributed by atoms with van der Waals surface area (Å²) < 4.78 is 0. The highest BCUT2D eigenvalue weighted by molar-refractivity contribution is 6.62. The molecule has 1 aromatic rings. The lowest BCUT2D eigenvalue weighted by Gasteiger charge is -2.22. The molecule has 1 aliphatic heterocycles. The first-order valence-electron chi connectivity index (χ1n) is 7.11. The minimum atomic E-state index is -0.535. The highest BCUT2D eigenvalue weighted by Crippen LogP contribution is 2.44. The van der Waals surface area contributed by atoms with E-state index in [2.05, 4.69) is 38.1 Å². The molecule has 1 heteroatoms. The minimum Gasteiger partial charge on any atom is -0.0654 e. The Balaban J connectivity index is 2.04. The lowest BCUT2D eigenvalue weighted by atomic mass is 10.0. The molecule has 3 rings (SSSR count). The second kappa shape index (κ2) is 4.45. The van der Waals surface area contributed by atoms with E-state index in [1.165, 1.54) is 24.8 Å². The third kappa shape index (κ3) is 1.81. The van der Waals surface area contributed by atoms with Crippen molar-refractivity contribution in [3.63, 3.8) is 0 Å². The molecule has 90 valence electrons. The summed E-state index contributed by atoms with van der Waals surface area (Å²) in [4.78, 5) is 0. The second-order valence-electron chi connectivity index (χ2n) is 5.67. The van der Waals surface area contributed by atoms with E-state index in [9.17, 15) is 0 Å². The van der Waals surface area contributed by atoms with Crippen molar-refractivity contribution in [2.45, 2.75) is 50.7 Å². The van der Waals surface area contributed by atoms with Crippen LogP contribution in [0.3, 0.4) is 0 Å². The van der Waals surface area contributed by atoms with E-state index in [0.717, 1.165) is 5.54 Å². The van der Waals surface area contributed by atoms with Crippen LogP contribution in [0.1, 0.15) is 48.4 Å². The van der Waals surface area contributed by atoms with Gasteiger partial charge in [-0.1, -0.05) is 61.7 Å². The van der Waals surface area contributed by atoms with Gasteiger partial charge in [0.15, 0.2) is 0 Å². The first-order chi connectivity index (χ1) is 8.31. The van der Waals surface area contributed by atoms with Gasteiger partial charge in [0.05, 0.1) is 8.80 Å². The van der Waals surface area contributed by atoms with Crippen molar-refractivity contribution in [1.82, 2.24) is 0 Å². The molecule has 1 atom stereocenters. The lowest BCUT2D eigenvalue weighted by Crippen LogP contribution is -2.20. The van der Waals surface area contributed by atoms with Gasteiger partial charge in [-0.25, -0.2) is 0 Å². The monoisotopic (exact) mass is 242 g/mol. The molecule has 1 unspecified atom stereocenters. The van der Waals surface area contributed by atoms with Gasteiger partial charge in [-0.3, -0.25) is 0 Å². The number of fused-ring (bicyclic) bond motifs is 1. The highest BCUT2D eigenvalue weighted by Gasteiger charge is 2.34. The third-order valence-corrected chi connectivity index (χ3v) is 8.73. The number of benzene rings is 1.